The van der Waals surface area contributed by atoms with Gasteiger partial charge in [-0.05, 0) is 0 Å². The first-order valence-electron chi connectivity index (χ1n) is 1.41. The molecule has 0 saturated carbocycles. The minimum atomic E-state index is -2.85. The van der Waals surface area contributed by atoms with E-state index in [1.165, 1.54) is 0 Å². The van der Waals surface area contributed by atoms with Crippen molar-refractivity contribution < 1.29 is 14.3 Å². The fourth-order valence-corrected chi connectivity index (χ4v) is 0.761. The van der Waals surface area contributed by atoms with Crippen molar-refractivity contribution in [3.8, 4) is 0 Å². The maximum atomic E-state index is 9.87. The Morgan fingerprint density at radius 2 is 2.29 bits per heavy atom. The molecule has 0 aliphatic heterocycles. The van der Waals surface area contributed by atoms with Crippen molar-refractivity contribution in [2.45, 2.75) is 0 Å². The van der Waals surface area contributed by atoms with Gasteiger partial charge in [0.2, 0.25) is 0 Å². The van der Waals surface area contributed by atoms with Crippen LogP contribution in [-0.4, -0.2) is 10.9 Å². The molecule has 0 N–H and O–H groups in total. The van der Waals surface area contributed by atoms with E-state index in [9.17, 15) is 14.3 Å². The average Bonchev–Trinajstić information content (AvgIpc) is 1.65. The van der Waals surface area contributed by atoms with Crippen LogP contribution in [0.3, 0.4) is 0 Å². The molecular weight excluding hydrogens is 183 g/mol. The van der Waals surface area contributed by atoms with Gasteiger partial charge < -0.3 is 4.89 Å². The van der Waals surface area contributed by atoms with Gasteiger partial charge in [-0.15, -0.1) is 0 Å². The molecule has 0 saturated heterocycles. The second-order valence-corrected chi connectivity index (χ2v) is 2.36. The van der Waals surface area contributed by atoms with Crippen molar-refractivity contribution in [1.82, 2.24) is 0 Å². The number of halogens is 1. The first-order chi connectivity index (χ1) is 3.18. The largest absolute Gasteiger partial charge is 0.588 e. The minimum Gasteiger partial charge on any atom is -0.588 e. The molecule has 7 heavy (non-hydrogen) atoms. The fraction of sp³-hybridized carbons (Fsp3) is 0.500. The van der Waals surface area contributed by atoms with E-state index in [1.54, 1.807) is 0 Å². The minimum absolute atomic E-state index is 0.105. The third-order valence-corrected chi connectivity index (χ3v) is 1.83. The SMILES string of the molecule is O=C(CBr)[P+](=O)[O-]. The van der Waals surface area contributed by atoms with E-state index in [0.717, 1.165) is 0 Å². The standard InChI is InChI=1S/C2H2BrO3P/c3-1-2(4)7(5)6/h1H2. The summed E-state index contributed by atoms with van der Waals surface area (Å²) in [6.45, 7) is 0. The summed E-state index contributed by atoms with van der Waals surface area (Å²) in [5, 5.41) is -0.105. The Hall–Kier alpha value is 0.210. The molecule has 0 fully saturated rings. The molecule has 0 heterocycles. The first kappa shape index (κ1) is 7.21. The Balaban J connectivity index is 3.58. The van der Waals surface area contributed by atoms with Gasteiger partial charge in [-0.1, -0.05) is 20.5 Å². The van der Waals surface area contributed by atoms with E-state index in [2.05, 4.69) is 15.9 Å². The number of hydrogen-bond donors (Lipinski definition) is 0. The lowest BCUT2D eigenvalue weighted by Crippen LogP contribution is -1.99. The van der Waals surface area contributed by atoms with E-state index in [0.29, 0.717) is 0 Å². The topological polar surface area (TPSA) is 57.2 Å². The molecule has 0 radical (unpaired) electrons. The third kappa shape index (κ3) is 2.85. The van der Waals surface area contributed by atoms with Crippen LogP contribution in [0.2, 0.25) is 0 Å². The molecule has 0 bridgehead atoms. The van der Waals surface area contributed by atoms with Crippen LogP contribution < -0.4 is 4.89 Å². The summed E-state index contributed by atoms with van der Waals surface area (Å²) < 4.78 is 9.59. The smallest absolute Gasteiger partial charge is 0.388 e. The molecule has 0 aromatic carbocycles. The molecule has 0 amide bonds. The molecule has 1 atom stereocenters. The lowest BCUT2D eigenvalue weighted by molar-refractivity contribution is -0.168. The zero-order valence-corrected chi connectivity index (χ0v) is 5.74. The van der Waals surface area contributed by atoms with Gasteiger partial charge in [-0.2, -0.15) is 0 Å². The Morgan fingerprint density at radius 1 is 1.86 bits per heavy atom. The van der Waals surface area contributed by atoms with E-state index in [4.69, 9.17) is 0 Å². The molecule has 5 heteroatoms. The highest BCUT2D eigenvalue weighted by Gasteiger charge is 2.12. The van der Waals surface area contributed by atoms with Crippen LogP contribution in [0.25, 0.3) is 0 Å². The summed E-state index contributed by atoms with van der Waals surface area (Å²) in [7, 11) is -2.85. The predicted octanol–water partition coefficient (Wildman–Crippen LogP) is 0.0106. The molecule has 0 aliphatic rings. The predicted molar refractivity (Wildman–Crippen MR) is 26.4 cm³/mol. The highest BCUT2D eigenvalue weighted by molar-refractivity contribution is 9.09. The molecule has 3 nitrogen and oxygen atoms in total. The molecule has 0 spiro atoms. The lowest BCUT2D eigenvalue weighted by atomic mass is 10.9. The fourth-order valence-electron chi connectivity index (χ4n) is 0.0488. The van der Waals surface area contributed by atoms with Gasteiger partial charge in [0.15, 0.2) is 0 Å². The molecular formula is C2H2BrO3P. The van der Waals surface area contributed by atoms with E-state index >= 15 is 0 Å². The molecule has 0 aromatic rings. The third-order valence-electron chi connectivity index (χ3n) is 0.318. The van der Waals surface area contributed by atoms with Crippen LogP contribution in [0, 0.1) is 0 Å². The van der Waals surface area contributed by atoms with Crippen LogP contribution in [0.1, 0.15) is 0 Å². The Bertz CT molecular complexity index is 101. The number of rotatable bonds is 2. The van der Waals surface area contributed by atoms with Crippen molar-refractivity contribution in [2.24, 2.45) is 0 Å². The number of carbonyl (C=O) groups is 1. The first-order valence-corrected chi connectivity index (χ1v) is 3.71. The zero-order valence-electron chi connectivity index (χ0n) is 3.26. The highest BCUT2D eigenvalue weighted by Crippen LogP contribution is 2.08. The number of hydrogen-bond acceptors (Lipinski definition) is 3. The Kier molecular flexibility index (Phi) is 3.34. The molecule has 1 unspecified atom stereocenters. The second kappa shape index (κ2) is 3.24. The average molecular weight is 185 g/mol. The normalized spacial score (nSPS) is 10.9. The van der Waals surface area contributed by atoms with Gasteiger partial charge in [-0.25, -0.2) is 4.79 Å². The van der Waals surface area contributed by atoms with Gasteiger partial charge in [0.25, 0.3) is 0 Å². The maximum absolute atomic E-state index is 9.87. The van der Waals surface area contributed by atoms with Crippen LogP contribution in [0.4, 0.5) is 0 Å². The zero-order chi connectivity index (χ0) is 5.86. The van der Waals surface area contributed by atoms with Crippen LogP contribution in [-0.2, 0) is 9.36 Å². The van der Waals surface area contributed by atoms with Crippen molar-refractivity contribution in [1.29, 1.82) is 0 Å². The van der Waals surface area contributed by atoms with Gasteiger partial charge in [0.1, 0.15) is 5.33 Å². The van der Waals surface area contributed by atoms with E-state index in [1.807, 2.05) is 0 Å². The van der Waals surface area contributed by atoms with Crippen LogP contribution in [0.15, 0.2) is 0 Å². The molecule has 0 aliphatic carbocycles. The summed E-state index contributed by atoms with van der Waals surface area (Å²) in [4.78, 5) is 19.5. The Labute approximate surface area is 49.7 Å². The van der Waals surface area contributed by atoms with E-state index in [-0.39, 0.29) is 5.33 Å². The summed E-state index contributed by atoms with van der Waals surface area (Å²) in [5.74, 6) is 0. The van der Waals surface area contributed by atoms with Crippen molar-refractivity contribution >= 4 is 29.5 Å². The summed E-state index contributed by atoms with van der Waals surface area (Å²) in [6.07, 6.45) is 0. The van der Waals surface area contributed by atoms with Gasteiger partial charge in [0, 0.05) is 0 Å². The summed E-state index contributed by atoms with van der Waals surface area (Å²) in [6, 6.07) is 0. The van der Waals surface area contributed by atoms with Crippen LogP contribution >= 0.6 is 24.0 Å². The van der Waals surface area contributed by atoms with Crippen molar-refractivity contribution in [2.75, 3.05) is 5.33 Å². The second-order valence-electron chi connectivity index (χ2n) is 0.784. The monoisotopic (exact) mass is 184 g/mol. The Morgan fingerprint density at radius 3 is 2.29 bits per heavy atom. The molecule has 40 valence electrons. The summed E-state index contributed by atoms with van der Waals surface area (Å²) in [5.41, 5.74) is -0.782. The van der Waals surface area contributed by atoms with Crippen LogP contribution in [0.5, 0.6) is 0 Å². The van der Waals surface area contributed by atoms with Gasteiger partial charge >= 0.3 is 13.6 Å². The molecule has 0 rings (SSSR count). The quantitative estimate of drug-likeness (QED) is 0.449. The highest BCUT2D eigenvalue weighted by atomic mass is 79.9. The van der Waals surface area contributed by atoms with Gasteiger partial charge in [-0.3, -0.25) is 0 Å². The summed E-state index contributed by atoms with van der Waals surface area (Å²) >= 11 is 2.68. The number of alkyl halides is 1. The lowest BCUT2D eigenvalue weighted by Gasteiger charge is -1.75. The number of carbonyl (C=O) groups excluding carboxylic acids is 1. The van der Waals surface area contributed by atoms with Crippen molar-refractivity contribution in [3.05, 3.63) is 0 Å². The van der Waals surface area contributed by atoms with Gasteiger partial charge in [0.05, 0.1) is 0 Å². The maximum Gasteiger partial charge on any atom is 0.388 e. The van der Waals surface area contributed by atoms with E-state index < -0.39 is 13.6 Å². The molecule has 0 aromatic heterocycles. The van der Waals surface area contributed by atoms with Crippen molar-refractivity contribution in [3.63, 3.8) is 0 Å².